The van der Waals surface area contributed by atoms with Crippen LogP contribution in [0.3, 0.4) is 0 Å². The maximum Gasteiger partial charge on any atom is 0.243 e. The highest BCUT2D eigenvalue weighted by atomic mass is 32.2. The number of sulfonamides is 1. The number of nitrogens with zero attached hydrogens (tertiary/aromatic N) is 2. The first kappa shape index (κ1) is 20.5. The number of piperidine rings is 1. The third kappa shape index (κ3) is 4.72. The molecule has 156 valence electrons. The van der Waals surface area contributed by atoms with Crippen molar-refractivity contribution in [2.75, 3.05) is 32.7 Å². The minimum Gasteiger partial charge on any atom is -0.369 e. The van der Waals surface area contributed by atoms with Gasteiger partial charge in [0.25, 0.3) is 0 Å². The lowest BCUT2D eigenvalue weighted by Gasteiger charge is -2.49. The van der Waals surface area contributed by atoms with E-state index in [1.165, 1.54) is 5.56 Å². The van der Waals surface area contributed by atoms with Crippen LogP contribution in [0.2, 0.25) is 0 Å². The van der Waals surface area contributed by atoms with Crippen LogP contribution < -0.4 is 0 Å². The zero-order valence-electron chi connectivity index (χ0n) is 17.0. The van der Waals surface area contributed by atoms with Crippen molar-refractivity contribution < 1.29 is 13.2 Å². The summed E-state index contributed by atoms with van der Waals surface area (Å²) in [6, 6.07) is 19.3. The number of hydrogen-bond donors (Lipinski definition) is 0. The van der Waals surface area contributed by atoms with Crippen LogP contribution in [0, 0.1) is 0 Å². The van der Waals surface area contributed by atoms with Crippen LogP contribution in [0.1, 0.15) is 25.3 Å². The molecule has 0 radical (unpaired) electrons. The lowest BCUT2D eigenvalue weighted by atomic mass is 9.89. The quantitative estimate of drug-likeness (QED) is 0.754. The van der Waals surface area contributed by atoms with Gasteiger partial charge in [0, 0.05) is 32.7 Å². The second-order valence-electron chi connectivity index (χ2n) is 8.30. The van der Waals surface area contributed by atoms with Gasteiger partial charge in [0.15, 0.2) is 0 Å². The van der Waals surface area contributed by atoms with Gasteiger partial charge in [-0.15, -0.1) is 0 Å². The van der Waals surface area contributed by atoms with E-state index in [0.717, 1.165) is 38.9 Å². The summed E-state index contributed by atoms with van der Waals surface area (Å²) in [7, 11) is -3.49. The van der Waals surface area contributed by atoms with Gasteiger partial charge < -0.3 is 9.64 Å². The number of morpholine rings is 1. The molecule has 0 aliphatic carbocycles. The Morgan fingerprint density at radius 1 is 1.00 bits per heavy atom. The molecule has 0 aromatic heterocycles. The average molecular weight is 415 g/mol. The van der Waals surface area contributed by atoms with Crippen molar-refractivity contribution in [1.29, 1.82) is 0 Å². The van der Waals surface area contributed by atoms with E-state index in [1.54, 1.807) is 28.6 Å². The third-order valence-corrected chi connectivity index (χ3v) is 7.91. The molecular formula is C23H30N2O3S. The molecule has 2 fully saturated rings. The third-order valence-electron chi connectivity index (χ3n) is 6.08. The summed E-state index contributed by atoms with van der Waals surface area (Å²) in [5, 5.41) is 0. The van der Waals surface area contributed by atoms with Crippen LogP contribution in [0.25, 0.3) is 0 Å². The minimum absolute atomic E-state index is 0.0990. The van der Waals surface area contributed by atoms with Crippen LogP contribution in [-0.2, 0) is 21.2 Å². The molecular weight excluding hydrogens is 384 g/mol. The lowest BCUT2D eigenvalue weighted by Crippen LogP contribution is -2.60. The minimum atomic E-state index is -3.49. The fourth-order valence-corrected chi connectivity index (χ4v) is 6.10. The molecule has 1 spiro atoms. The highest BCUT2D eigenvalue weighted by Crippen LogP contribution is 2.34. The van der Waals surface area contributed by atoms with E-state index in [0.29, 0.717) is 18.0 Å². The van der Waals surface area contributed by atoms with Gasteiger partial charge in [-0.3, -0.25) is 0 Å². The molecule has 6 heteroatoms. The molecule has 1 atom stereocenters. The molecule has 2 heterocycles. The maximum absolute atomic E-state index is 13.1. The summed E-state index contributed by atoms with van der Waals surface area (Å²) in [4.78, 5) is 2.83. The molecule has 1 unspecified atom stereocenters. The van der Waals surface area contributed by atoms with Crippen molar-refractivity contribution >= 4 is 10.0 Å². The van der Waals surface area contributed by atoms with Gasteiger partial charge in [-0.2, -0.15) is 4.31 Å². The molecule has 2 aromatic rings. The fraction of sp³-hybridized carbons (Fsp3) is 0.478. The molecule has 2 saturated heterocycles. The van der Waals surface area contributed by atoms with Gasteiger partial charge in [0.1, 0.15) is 0 Å². The second kappa shape index (κ2) is 8.56. The standard InChI is InChI=1S/C23H30N2O3S/c1-20-18-25(29(26,27)22-10-6-3-7-11-22)19-23(28-20)13-16-24(17-14-23)15-12-21-8-4-2-5-9-21/h2-11,20H,12-19H2,1H3. The molecule has 4 rings (SSSR count). The molecule has 0 amide bonds. The van der Waals surface area contributed by atoms with Crippen molar-refractivity contribution in [3.63, 3.8) is 0 Å². The second-order valence-corrected chi connectivity index (χ2v) is 10.2. The molecule has 2 aliphatic rings. The van der Waals surface area contributed by atoms with E-state index in [4.69, 9.17) is 4.74 Å². The molecule has 0 saturated carbocycles. The Balaban J connectivity index is 1.40. The molecule has 29 heavy (non-hydrogen) atoms. The zero-order valence-corrected chi connectivity index (χ0v) is 17.9. The Labute approximate surface area is 174 Å². The first-order valence-corrected chi connectivity index (χ1v) is 11.9. The summed E-state index contributed by atoms with van der Waals surface area (Å²) in [5.74, 6) is 0. The SMILES string of the molecule is CC1CN(S(=O)(=O)c2ccccc2)CC2(CCN(CCc3ccccc3)CC2)O1. The van der Waals surface area contributed by atoms with Gasteiger partial charge in [0.2, 0.25) is 10.0 Å². The monoisotopic (exact) mass is 414 g/mol. The van der Waals surface area contributed by atoms with Gasteiger partial charge in [-0.05, 0) is 43.9 Å². The zero-order chi connectivity index (χ0) is 20.3. The number of rotatable bonds is 5. The van der Waals surface area contributed by atoms with E-state index in [-0.39, 0.29) is 11.7 Å². The first-order valence-electron chi connectivity index (χ1n) is 10.5. The number of likely N-dealkylation sites (tertiary alicyclic amines) is 1. The van der Waals surface area contributed by atoms with Crippen molar-refractivity contribution in [2.24, 2.45) is 0 Å². The van der Waals surface area contributed by atoms with Gasteiger partial charge in [0.05, 0.1) is 16.6 Å². The summed E-state index contributed by atoms with van der Waals surface area (Å²) in [5.41, 5.74) is 0.985. The van der Waals surface area contributed by atoms with Crippen molar-refractivity contribution in [2.45, 2.75) is 42.8 Å². The summed E-state index contributed by atoms with van der Waals surface area (Å²) in [6.45, 7) is 5.76. The predicted octanol–water partition coefficient (Wildman–Crippen LogP) is 3.17. The van der Waals surface area contributed by atoms with Crippen LogP contribution in [0.15, 0.2) is 65.6 Å². The van der Waals surface area contributed by atoms with Crippen molar-refractivity contribution in [3.05, 3.63) is 66.2 Å². The van der Waals surface area contributed by atoms with Crippen LogP contribution in [-0.4, -0.2) is 62.1 Å². The fourth-order valence-electron chi connectivity index (χ4n) is 4.49. The highest BCUT2D eigenvalue weighted by Gasteiger charge is 2.45. The molecule has 2 aliphatic heterocycles. The van der Waals surface area contributed by atoms with Crippen molar-refractivity contribution in [1.82, 2.24) is 9.21 Å². The number of benzene rings is 2. The van der Waals surface area contributed by atoms with Crippen LogP contribution in [0.5, 0.6) is 0 Å². The Bertz CT molecular complexity index is 894. The Morgan fingerprint density at radius 2 is 1.62 bits per heavy atom. The Kier molecular flexibility index (Phi) is 6.06. The molecule has 2 aromatic carbocycles. The lowest BCUT2D eigenvalue weighted by molar-refractivity contribution is -0.154. The number of ether oxygens (including phenoxy) is 1. The maximum atomic E-state index is 13.1. The average Bonchev–Trinajstić information content (AvgIpc) is 2.74. The van der Waals surface area contributed by atoms with Crippen molar-refractivity contribution in [3.8, 4) is 0 Å². The summed E-state index contributed by atoms with van der Waals surface area (Å²) in [6.07, 6.45) is 2.68. The summed E-state index contributed by atoms with van der Waals surface area (Å²) >= 11 is 0. The molecule has 0 N–H and O–H groups in total. The molecule has 0 bridgehead atoms. The Hall–Kier alpha value is -1.73. The largest absolute Gasteiger partial charge is 0.369 e. The number of hydrogen-bond acceptors (Lipinski definition) is 4. The predicted molar refractivity (Wildman–Crippen MR) is 114 cm³/mol. The van der Waals surface area contributed by atoms with E-state index in [9.17, 15) is 8.42 Å². The Morgan fingerprint density at radius 3 is 2.28 bits per heavy atom. The van der Waals surface area contributed by atoms with Crippen LogP contribution >= 0.6 is 0 Å². The van der Waals surface area contributed by atoms with E-state index in [1.807, 2.05) is 19.1 Å². The summed E-state index contributed by atoms with van der Waals surface area (Å²) < 4.78 is 34.3. The van der Waals surface area contributed by atoms with E-state index >= 15 is 0 Å². The van der Waals surface area contributed by atoms with E-state index in [2.05, 4.69) is 29.2 Å². The first-order chi connectivity index (χ1) is 14.0. The van der Waals surface area contributed by atoms with E-state index < -0.39 is 10.0 Å². The van der Waals surface area contributed by atoms with Crippen LogP contribution in [0.4, 0.5) is 0 Å². The normalized spacial score (nSPS) is 23.3. The topological polar surface area (TPSA) is 49.9 Å². The van der Waals surface area contributed by atoms with Gasteiger partial charge in [-0.25, -0.2) is 8.42 Å². The van der Waals surface area contributed by atoms with Gasteiger partial charge in [-0.1, -0.05) is 48.5 Å². The molecule has 5 nitrogen and oxygen atoms in total. The highest BCUT2D eigenvalue weighted by molar-refractivity contribution is 7.89. The van der Waals surface area contributed by atoms with Gasteiger partial charge >= 0.3 is 0 Å². The smallest absolute Gasteiger partial charge is 0.243 e.